The minimum Gasteiger partial charge on any atom is -0.394 e. The van der Waals surface area contributed by atoms with Crippen LogP contribution in [0.3, 0.4) is 0 Å². The molecule has 2 aliphatic heterocycles. The zero-order chi connectivity index (χ0) is 87.8. The maximum absolute atomic E-state index is 13.1. The molecule has 0 aromatic rings. The van der Waals surface area contributed by atoms with E-state index < -0.39 is 115 Å². The Balaban J connectivity index is -0.0000000779. The molecule has 2 heterocycles. The third kappa shape index (κ3) is 61.2. The molecule has 0 saturated carbocycles. The molecule has 0 radical (unpaired) electrons. The maximum Gasteiger partial charge on any atom is 0.297 e. The van der Waals surface area contributed by atoms with Crippen LogP contribution in [-0.2, 0) is 19.1 Å². The minimum atomic E-state index is -1.59. The number of hydrogen-bond acceptors (Lipinski definition) is 18. The highest BCUT2D eigenvalue weighted by atomic mass is 32.2. The van der Waals surface area contributed by atoms with E-state index in [0.717, 1.165) is 81.3 Å². The van der Waals surface area contributed by atoms with Crippen molar-refractivity contribution in [1.82, 2.24) is 10.6 Å². The first kappa shape index (κ1) is 112. The van der Waals surface area contributed by atoms with Gasteiger partial charge in [-0.05, 0) is 121 Å². The van der Waals surface area contributed by atoms with Gasteiger partial charge in [0.05, 0.1) is 37.5 Å². The summed E-state index contributed by atoms with van der Waals surface area (Å²) in [7, 11) is 0. The topological polar surface area (TPSA) is 319 Å². The van der Waals surface area contributed by atoms with Crippen LogP contribution in [0, 0.1) is 142 Å². The van der Waals surface area contributed by atoms with Gasteiger partial charge >= 0.3 is 0 Å². The van der Waals surface area contributed by atoms with Gasteiger partial charge in [0, 0.05) is 93.6 Å². The number of hydrogen-bond donors (Lipinski definition) is 14. The zero-order valence-electron chi connectivity index (χ0n) is 73.2. The number of ether oxygens (including phenoxy) is 2. The van der Waals surface area contributed by atoms with Crippen LogP contribution < -0.4 is 10.6 Å². The first-order chi connectivity index (χ1) is 58.5. The number of aliphatic hydroxyl groups is 12. The second kappa shape index (κ2) is 81.2. The molecule has 716 valence electrons. The number of rotatable bonds is 64. The SMILES string of the molecule is CC#CC#CC#CC#CC#CC#CC#CC#CC#CC#CC#CC#CC(=O)N[C@@H](CS[C@H]1OC(CO)[C@H](O)[C@H](O)C1O)[C@H](O)[C@H](O)CCCCCCCCCCCCCC.CCCCCCCCCCCCCCCCCCCCCCCCCC(=O)N[C@@H](CS[C@H]1OC(CO)[C@H](O)[C@H](O)C1O)[C@H](O)[C@@H](O)CCCCCCCCCCCCCC.[HH].[HH].[HH].[HH].[HH].[HH].[HH].[HH].[HH].[HH].[HH].[HH].[HH].[HH].[HH].[HH].[HH].[HH].[HH].[HH].[HH].[HH].[HH].[HH]. The van der Waals surface area contributed by atoms with Gasteiger partial charge in [0.25, 0.3) is 5.91 Å². The summed E-state index contributed by atoms with van der Waals surface area (Å²) in [6.07, 6.45) is 43.8. The van der Waals surface area contributed by atoms with Crippen molar-refractivity contribution in [3.05, 3.63) is 0 Å². The first-order valence-electron chi connectivity index (χ1n) is 45.6. The van der Waals surface area contributed by atoms with E-state index in [2.05, 4.69) is 173 Å². The van der Waals surface area contributed by atoms with Gasteiger partial charge < -0.3 is 81.4 Å². The molecular weight excluding hydrogens is 1550 g/mol. The molecular formula is C100H198N2O16S2. The summed E-state index contributed by atoms with van der Waals surface area (Å²) >= 11 is 2.02. The van der Waals surface area contributed by atoms with Crippen LogP contribution in [0.15, 0.2) is 0 Å². The van der Waals surface area contributed by atoms with Gasteiger partial charge in [0.2, 0.25) is 5.91 Å². The molecule has 2 amide bonds. The Morgan fingerprint density at radius 3 is 0.808 bits per heavy atom. The number of carbonyl (C=O) groups is 2. The number of nitrogens with one attached hydrogen (secondary N) is 2. The molecule has 18 nitrogen and oxygen atoms in total. The third-order valence-electron chi connectivity index (χ3n) is 21.2. The standard InChI is InChI=1S/C50H99NO8S.C50H51NO8S.24H2/c2*1-3-5-7-9-11-13-15-17-18-19-20-21-22-23-24-25-26-27-29-31-33-35-37-39-45(54)51-42(41-60-50-49(58)48(57)47(56)44(40-52)59-50)46(55)43(53)38-36-34-32-30-28-16-14-12-10-8-6-4-2;;;;;;;;;;;;;;;;;;;;;;;;/h42-44,46-50,52-53,55-58H,3-41H2,1-2H3,(H,51,54);42-44,46-50,52-53,55-58H,4,6,8,10,12,14,16,28,30,32,34,36,38,40-41H2,1-2H3,(H,51,54);24*1H/t42-,43-,44?,46-,47-,48-,49?,50+;42-,43+,44?,46-,47-,48-,49?,50+;;;;;;;;;;;;;;;;;;;;;;;;/m00......................../s1. The summed E-state index contributed by atoms with van der Waals surface area (Å²) < 4.78 is 11.2. The average molecular weight is 1750 g/mol. The van der Waals surface area contributed by atoms with E-state index in [9.17, 15) is 70.9 Å². The second-order valence-corrected chi connectivity index (χ2v) is 33.7. The van der Waals surface area contributed by atoms with E-state index in [1.165, 1.54) is 238 Å². The molecule has 0 aliphatic carbocycles. The second-order valence-electron chi connectivity index (χ2n) is 31.4. The number of amides is 2. The monoisotopic (exact) mass is 1750 g/mol. The molecule has 0 spiro atoms. The van der Waals surface area contributed by atoms with Crippen molar-refractivity contribution < 1.29 is 115 Å². The summed E-state index contributed by atoms with van der Waals surface area (Å²) in [4.78, 5) is 25.8. The number of thioether (sulfide) groups is 2. The highest BCUT2D eigenvalue weighted by molar-refractivity contribution is 8.00. The highest BCUT2D eigenvalue weighted by Crippen LogP contribution is 2.32. The molecule has 16 atom stereocenters. The summed E-state index contributed by atoms with van der Waals surface area (Å²) in [5, 5.41) is 131. The van der Waals surface area contributed by atoms with Crippen LogP contribution in [0.5, 0.6) is 0 Å². The van der Waals surface area contributed by atoms with Crippen LogP contribution in [0.4, 0.5) is 0 Å². The lowest BCUT2D eigenvalue weighted by atomic mass is 9.99. The molecule has 2 saturated heterocycles. The fourth-order valence-corrected chi connectivity index (χ4v) is 16.4. The van der Waals surface area contributed by atoms with Gasteiger partial charge in [-0.2, -0.15) is 0 Å². The molecule has 0 aromatic carbocycles. The van der Waals surface area contributed by atoms with Gasteiger partial charge in [0.1, 0.15) is 71.9 Å². The molecule has 0 bridgehead atoms. The van der Waals surface area contributed by atoms with Crippen molar-refractivity contribution in [1.29, 1.82) is 0 Å². The van der Waals surface area contributed by atoms with Crippen LogP contribution in [0.1, 0.15) is 383 Å². The van der Waals surface area contributed by atoms with Crippen molar-refractivity contribution in [2.75, 3.05) is 24.7 Å². The molecule has 4 unspecified atom stereocenters. The lowest BCUT2D eigenvalue weighted by molar-refractivity contribution is -0.205. The molecule has 2 aliphatic rings. The van der Waals surface area contributed by atoms with E-state index in [1.54, 1.807) is 6.92 Å². The summed E-state index contributed by atoms with van der Waals surface area (Å²) in [5.41, 5.74) is -2.08. The van der Waals surface area contributed by atoms with Gasteiger partial charge in [-0.25, -0.2) is 0 Å². The molecule has 120 heavy (non-hydrogen) atoms. The van der Waals surface area contributed by atoms with E-state index in [4.69, 9.17) is 9.47 Å². The lowest BCUT2D eigenvalue weighted by Gasteiger charge is -2.40. The van der Waals surface area contributed by atoms with Crippen molar-refractivity contribution in [3.63, 3.8) is 0 Å². The number of unbranched alkanes of at least 4 members (excludes halogenated alkanes) is 44. The minimum absolute atomic E-state index is 0. The summed E-state index contributed by atoms with van der Waals surface area (Å²) in [6, 6.07) is -1.85. The Kier molecular flexibility index (Phi) is 75.6. The Morgan fingerprint density at radius 2 is 0.550 bits per heavy atom. The van der Waals surface area contributed by atoms with Gasteiger partial charge in [-0.3, -0.25) is 9.59 Å². The molecule has 0 aromatic heterocycles. The Morgan fingerprint density at radius 1 is 0.317 bits per heavy atom. The van der Waals surface area contributed by atoms with Crippen molar-refractivity contribution in [2.24, 2.45) is 0 Å². The quantitative estimate of drug-likeness (QED) is 0.0199. The Bertz CT molecular complexity index is 3580. The molecule has 14 N–H and O–H groups in total. The van der Waals surface area contributed by atoms with Crippen LogP contribution in [-0.4, -0.2) is 194 Å². The maximum atomic E-state index is 13.1. The largest absolute Gasteiger partial charge is 0.394 e. The van der Waals surface area contributed by atoms with E-state index in [1.807, 2.05) is 0 Å². The van der Waals surface area contributed by atoms with Gasteiger partial charge in [0.15, 0.2) is 0 Å². The van der Waals surface area contributed by atoms with Crippen molar-refractivity contribution in [3.8, 4) is 142 Å². The van der Waals surface area contributed by atoms with Crippen molar-refractivity contribution >= 4 is 35.3 Å². The normalized spacial score (nSPS) is 19.4. The zero-order valence-corrected chi connectivity index (χ0v) is 74.9. The van der Waals surface area contributed by atoms with Crippen molar-refractivity contribution in [2.45, 2.75) is 445 Å². The fourth-order valence-electron chi connectivity index (χ4n) is 13.9. The predicted molar refractivity (Wildman–Crippen MR) is 538 cm³/mol. The Labute approximate surface area is 769 Å². The number of aliphatic hydroxyl groups excluding tert-OH is 12. The van der Waals surface area contributed by atoms with Gasteiger partial charge in [-0.1, -0.05) is 322 Å². The third-order valence-corrected chi connectivity index (χ3v) is 23.7. The highest BCUT2D eigenvalue weighted by Gasteiger charge is 2.46. The average Bonchev–Trinajstić information content (AvgIpc) is 0.819. The van der Waals surface area contributed by atoms with Crippen LogP contribution in [0.2, 0.25) is 0 Å². The van der Waals surface area contributed by atoms with E-state index in [-0.39, 0.29) is 51.7 Å². The smallest absolute Gasteiger partial charge is 0.297 e. The molecule has 20 heteroatoms. The van der Waals surface area contributed by atoms with E-state index in [0.29, 0.717) is 25.7 Å². The molecule has 2 fully saturated rings. The van der Waals surface area contributed by atoms with Gasteiger partial charge in [-0.15, -0.1) is 23.5 Å². The number of carbonyl (C=O) groups excluding carboxylic acids is 2. The predicted octanol–water partition coefficient (Wildman–Crippen LogP) is 19.0. The van der Waals surface area contributed by atoms with Crippen LogP contribution >= 0.6 is 23.5 Å². The first-order valence-corrected chi connectivity index (χ1v) is 47.7. The van der Waals surface area contributed by atoms with E-state index >= 15 is 0 Å². The summed E-state index contributed by atoms with van der Waals surface area (Å²) in [6.45, 7) is 7.30. The lowest BCUT2D eigenvalue weighted by Crippen LogP contribution is -2.58. The van der Waals surface area contributed by atoms with Crippen LogP contribution in [0.25, 0.3) is 0 Å². The fraction of sp³-hybridized carbons (Fsp3) is 0.740. The summed E-state index contributed by atoms with van der Waals surface area (Å²) in [5.74, 6) is 58.6. The molecule has 2 rings (SSSR count). The Hall–Kier alpha value is -6.20.